The number of aromatic nitrogens is 1. The first-order valence-corrected chi connectivity index (χ1v) is 10.1. The highest BCUT2D eigenvalue weighted by molar-refractivity contribution is 7.16. The summed E-state index contributed by atoms with van der Waals surface area (Å²) in [6.45, 7) is 5.13. The molecule has 29 heavy (non-hydrogen) atoms. The fourth-order valence-corrected chi connectivity index (χ4v) is 4.15. The van der Waals surface area contributed by atoms with E-state index in [4.69, 9.17) is 9.47 Å². The molecule has 0 atom stereocenters. The van der Waals surface area contributed by atoms with Crippen LogP contribution in [0.3, 0.4) is 0 Å². The maximum absolute atomic E-state index is 12.6. The van der Waals surface area contributed by atoms with Gasteiger partial charge in [0.25, 0.3) is 5.91 Å². The van der Waals surface area contributed by atoms with Gasteiger partial charge in [-0.2, -0.15) is 4.99 Å². The van der Waals surface area contributed by atoms with Gasteiger partial charge in [0.15, 0.2) is 4.80 Å². The lowest BCUT2D eigenvalue weighted by molar-refractivity contribution is -0.117. The highest BCUT2D eigenvalue weighted by Gasteiger charge is 2.12. The number of aryl methyl sites for hydroxylation is 2. The summed E-state index contributed by atoms with van der Waals surface area (Å²) in [4.78, 5) is 29.4. The van der Waals surface area contributed by atoms with Crippen molar-refractivity contribution in [2.24, 2.45) is 4.99 Å². The van der Waals surface area contributed by atoms with E-state index >= 15 is 0 Å². The summed E-state index contributed by atoms with van der Waals surface area (Å²) in [5, 5.41) is 0. The molecule has 0 saturated heterocycles. The minimum Gasteiger partial charge on any atom is -0.465 e. The molecule has 2 aromatic carbocycles. The van der Waals surface area contributed by atoms with Gasteiger partial charge >= 0.3 is 5.97 Å². The van der Waals surface area contributed by atoms with Crippen molar-refractivity contribution in [2.75, 3.05) is 20.8 Å². The van der Waals surface area contributed by atoms with E-state index in [-0.39, 0.29) is 12.3 Å². The molecule has 6 nitrogen and oxygen atoms in total. The first kappa shape index (κ1) is 21.0. The molecule has 0 aliphatic heterocycles. The molecular weight excluding hydrogens is 388 g/mol. The third kappa shape index (κ3) is 4.81. The zero-order valence-corrected chi connectivity index (χ0v) is 17.8. The zero-order chi connectivity index (χ0) is 21.0. The van der Waals surface area contributed by atoms with E-state index in [1.807, 2.05) is 42.7 Å². The second-order valence-corrected chi connectivity index (χ2v) is 7.81. The van der Waals surface area contributed by atoms with E-state index in [1.54, 1.807) is 19.2 Å². The number of hydrogen-bond donors (Lipinski definition) is 0. The van der Waals surface area contributed by atoms with Gasteiger partial charge < -0.3 is 14.0 Å². The molecule has 3 rings (SSSR count). The van der Waals surface area contributed by atoms with E-state index in [0.717, 1.165) is 21.3 Å². The second-order valence-electron chi connectivity index (χ2n) is 6.80. The van der Waals surface area contributed by atoms with Crippen LogP contribution in [0.5, 0.6) is 0 Å². The molecule has 0 fully saturated rings. The van der Waals surface area contributed by atoms with Crippen molar-refractivity contribution in [3.8, 4) is 0 Å². The van der Waals surface area contributed by atoms with E-state index in [9.17, 15) is 9.59 Å². The number of carbonyl (C=O) groups excluding carboxylic acids is 2. The van der Waals surface area contributed by atoms with Crippen molar-refractivity contribution in [2.45, 2.75) is 26.8 Å². The Hall–Kier alpha value is -2.77. The molecule has 0 aliphatic rings. The second kappa shape index (κ2) is 9.15. The summed E-state index contributed by atoms with van der Waals surface area (Å²) in [6.07, 6.45) is 0.243. The molecule has 0 radical (unpaired) electrons. The first-order chi connectivity index (χ1) is 13.9. The zero-order valence-electron chi connectivity index (χ0n) is 17.0. The SMILES string of the molecule is COCCn1c(=NC(=O)Cc2ccc(C)c(C)c2)sc2cc(C(=O)OC)ccc21. The van der Waals surface area contributed by atoms with Crippen LogP contribution < -0.4 is 4.80 Å². The fraction of sp³-hybridized carbons (Fsp3) is 0.318. The molecule has 1 amide bonds. The molecule has 1 heterocycles. The topological polar surface area (TPSA) is 69.9 Å². The summed E-state index contributed by atoms with van der Waals surface area (Å²) < 4.78 is 12.8. The smallest absolute Gasteiger partial charge is 0.337 e. The Kier molecular flexibility index (Phi) is 6.61. The Morgan fingerprint density at radius 1 is 1.07 bits per heavy atom. The number of carbonyl (C=O) groups is 2. The van der Waals surface area contributed by atoms with Crippen LogP contribution in [0.25, 0.3) is 10.2 Å². The van der Waals surface area contributed by atoms with Crippen molar-refractivity contribution in [1.82, 2.24) is 4.57 Å². The van der Waals surface area contributed by atoms with Crippen LogP contribution in [0.15, 0.2) is 41.4 Å². The van der Waals surface area contributed by atoms with Crippen molar-refractivity contribution in [3.63, 3.8) is 0 Å². The van der Waals surface area contributed by atoms with E-state index < -0.39 is 5.97 Å². The molecule has 0 unspecified atom stereocenters. The standard InChI is InChI=1S/C22H24N2O4S/c1-14-5-6-16(11-15(14)2)12-20(25)23-22-24(9-10-27-3)18-8-7-17(21(26)28-4)13-19(18)29-22/h5-8,11,13H,9-10,12H2,1-4H3. The van der Waals surface area contributed by atoms with Gasteiger partial charge in [0.2, 0.25) is 0 Å². The normalized spacial score (nSPS) is 11.8. The van der Waals surface area contributed by atoms with Crippen LogP contribution in [0.2, 0.25) is 0 Å². The van der Waals surface area contributed by atoms with Gasteiger partial charge in [0, 0.05) is 13.7 Å². The molecular formula is C22H24N2O4S. The van der Waals surface area contributed by atoms with Gasteiger partial charge in [-0.25, -0.2) is 4.79 Å². The molecule has 3 aromatic rings. The largest absolute Gasteiger partial charge is 0.465 e. The lowest BCUT2D eigenvalue weighted by Gasteiger charge is -2.05. The minimum atomic E-state index is -0.395. The Balaban J connectivity index is 1.99. The predicted molar refractivity (Wildman–Crippen MR) is 113 cm³/mol. The third-order valence-electron chi connectivity index (χ3n) is 4.77. The van der Waals surface area contributed by atoms with Crippen LogP contribution in [-0.2, 0) is 27.2 Å². The van der Waals surface area contributed by atoms with Crippen molar-refractivity contribution >= 4 is 33.4 Å². The predicted octanol–water partition coefficient (Wildman–Crippen LogP) is 3.42. The summed E-state index contributed by atoms with van der Waals surface area (Å²) in [7, 11) is 2.98. The van der Waals surface area contributed by atoms with Crippen LogP contribution >= 0.6 is 11.3 Å². The first-order valence-electron chi connectivity index (χ1n) is 9.27. The monoisotopic (exact) mass is 412 g/mol. The molecule has 7 heteroatoms. The number of esters is 1. The quantitative estimate of drug-likeness (QED) is 0.582. The number of benzene rings is 2. The lowest BCUT2D eigenvalue weighted by Crippen LogP contribution is -2.19. The fourth-order valence-electron chi connectivity index (χ4n) is 3.04. The minimum absolute atomic E-state index is 0.209. The van der Waals surface area contributed by atoms with Gasteiger partial charge in [0.05, 0.1) is 35.9 Å². The van der Waals surface area contributed by atoms with Gasteiger partial charge in [0.1, 0.15) is 0 Å². The summed E-state index contributed by atoms with van der Waals surface area (Å²) in [6, 6.07) is 11.3. The molecule has 0 N–H and O–H groups in total. The van der Waals surface area contributed by atoms with Crippen molar-refractivity contribution in [1.29, 1.82) is 0 Å². The Bertz CT molecular complexity index is 1130. The molecule has 1 aromatic heterocycles. The molecule has 0 bridgehead atoms. The van der Waals surface area contributed by atoms with Gasteiger partial charge in [-0.15, -0.1) is 0 Å². The highest BCUT2D eigenvalue weighted by atomic mass is 32.1. The van der Waals surface area contributed by atoms with E-state index in [2.05, 4.69) is 4.99 Å². The number of nitrogens with zero attached hydrogens (tertiary/aromatic N) is 2. The van der Waals surface area contributed by atoms with E-state index in [1.165, 1.54) is 24.0 Å². The summed E-state index contributed by atoms with van der Waals surface area (Å²) in [5.74, 6) is -0.604. The van der Waals surface area contributed by atoms with Crippen LogP contribution in [0.1, 0.15) is 27.0 Å². The number of rotatable bonds is 6. The third-order valence-corrected chi connectivity index (χ3v) is 5.81. The average molecular weight is 413 g/mol. The van der Waals surface area contributed by atoms with Gasteiger partial charge in [-0.05, 0) is 48.7 Å². The number of amides is 1. The summed E-state index contributed by atoms with van der Waals surface area (Å²) >= 11 is 1.37. The van der Waals surface area contributed by atoms with Crippen LogP contribution in [0, 0.1) is 13.8 Å². The van der Waals surface area contributed by atoms with Crippen LogP contribution in [-0.4, -0.2) is 37.3 Å². The number of methoxy groups -OCH3 is 2. The molecule has 0 saturated carbocycles. The molecule has 152 valence electrons. The Morgan fingerprint density at radius 3 is 2.55 bits per heavy atom. The highest BCUT2D eigenvalue weighted by Crippen LogP contribution is 2.20. The maximum Gasteiger partial charge on any atom is 0.337 e. The summed E-state index contributed by atoms with van der Waals surface area (Å²) in [5.41, 5.74) is 4.66. The van der Waals surface area contributed by atoms with Crippen molar-refractivity contribution < 1.29 is 19.1 Å². The lowest BCUT2D eigenvalue weighted by atomic mass is 10.0. The molecule has 0 aliphatic carbocycles. The van der Waals surface area contributed by atoms with Gasteiger partial charge in [-0.3, -0.25) is 4.79 Å². The average Bonchev–Trinajstić information content (AvgIpc) is 3.04. The van der Waals surface area contributed by atoms with E-state index in [0.29, 0.717) is 23.5 Å². The number of fused-ring (bicyclic) bond motifs is 1. The Morgan fingerprint density at radius 2 is 1.86 bits per heavy atom. The van der Waals surface area contributed by atoms with Crippen molar-refractivity contribution in [3.05, 3.63) is 63.5 Å². The maximum atomic E-state index is 12.6. The number of ether oxygens (including phenoxy) is 2. The molecule has 0 spiro atoms. The Labute approximate surface area is 173 Å². The van der Waals surface area contributed by atoms with Crippen LogP contribution in [0.4, 0.5) is 0 Å². The van der Waals surface area contributed by atoms with Gasteiger partial charge in [-0.1, -0.05) is 29.5 Å². The number of thiazole rings is 1. The number of hydrogen-bond acceptors (Lipinski definition) is 5.